The van der Waals surface area contributed by atoms with E-state index in [9.17, 15) is 9.59 Å². The van der Waals surface area contributed by atoms with Crippen molar-refractivity contribution in [2.75, 3.05) is 13.1 Å². The fourth-order valence-corrected chi connectivity index (χ4v) is 4.86. The van der Waals surface area contributed by atoms with Crippen LogP contribution in [-0.2, 0) is 4.79 Å². The molecule has 5 heteroatoms. The minimum absolute atomic E-state index is 0.0212. The number of rotatable bonds is 6. The van der Waals surface area contributed by atoms with E-state index in [0.717, 1.165) is 23.3 Å². The van der Waals surface area contributed by atoms with Crippen molar-refractivity contribution in [2.24, 2.45) is 0 Å². The highest BCUT2D eigenvalue weighted by molar-refractivity contribution is 8.00. The van der Waals surface area contributed by atoms with Gasteiger partial charge in [-0.2, -0.15) is 0 Å². The van der Waals surface area contributed by atoms with Gasteiger partial charge in [-0.1, -0.05) is 66.7 Å². The Labute approximate surface area is 187 Å². The smallest absolute Gasteiger partial charge is 0.253 e. The number of amides is 2. The first-order valence-corrected chi connectivity index (χ1v) is 11.5. The van der Waals surface area contributed by atoms with Crippen molar-refractivity contribution in [1.82, 2.24) is 10.2 Å². The van der Waals surface area contributed by atoms with E-state index in [-0.39, 0.29) is 23.1 Å². The lowest BCUT2D eigenvalue weighted by molar-refractivity contribution is -0.121. The molecule has 1 atom stereocenters. The van der Waals surface area contributed by atoms with Gasteiger partial charge in [-0.15, -0.1) is 11.8 Å². The molecule has 1 heterocycles. The summed E-state index contributed by atoms with van der Waals surface area (Å²) in [7, 11) is 0. The van der Waals surface area contributed by atoms with E-state index in [2.05, 4.69) is 5.32 Å². The lowest BCUT2D eigenvalue weighted by Gasteiger charge is -2.33. The quantitative estimate of drug-likeness (QED) is 0.564. The number of carbonyl (C=O) groups is 2. The van der Waals surface area contributed by atoms with Gasteiger partial charge >= 0.3 is 0 Å². The van der Waals surface area contributed by atoms with Crippen LogP contribution in [0.25, 0.3) is 0 Å². The molecule has 0 bridgehead atoms. The maximum atomic E-state index is 13.2. The Morgan fingerprint density at radius 1 is 0.806 bits per heavy atom. The molecular formula is C26H26N2O2S. The summed E-state index contributed by atoms with van der Waals surface area (Å²) in [5.74, 6) is 0.0834. The molecule has 0 radical (unpaired) electrons. The van der Waals surface area contributed by atoms with Gasteiger partial charge in [-0.05, 0) is 42.7 Å². The fraction of sp³-hybridized carbons (Fsp3) is 0.231. The first-order valence-electron chi connectivity index (χ1n) is 10.6. The molecule has 31 heavy (non-hydrogen) atoms. The molecule has 2 amide bonds. The number of likely N-dealkylation sites (tertiary alicyclic amines) is 1. The zero-order valence-electron chi connectivity index (χ0n) is 17.3. The topological polar surface area (TPSA) is 49.4 Å². The van der Waals surface area contributed by atoms with Crippen LogP contribution in [0.5, 0.6) is 0 Å². The Morgan fingerprint density at radius 2 is 1.35 bits per heavy atom. The molecule has 4 rings (SSSR count). The van der Waals surface area contributed by atoms with Crippen LogP contribution in [0.15, 0.2) is 95.9 Å². The zero-order valence-corrected chi connectivity index (χ0v) is 18.1. The molecule has 158 valence electrons. The molecule has 0 aliphatic carbocycles. The van der Waals surface area contributed by atoms with Crippen LogP contribution in [0, 0.1) is 0 Å². The van der Waals surface area contributed by atoms with E-state index in [1.165, 1.54) is 0 Å². The van der Waals surface area contributed by atoms with Crippen LogP contribution in [0.1, 0.15) is 34.0 Å². The van der Waals surface area contributed by atoms with Crippen molar-refractivity contribution in [1.29, 1.82) is 0 Å². The summed E-state index contributed by atoms with van der Waals surface area (Å²) in [5, 5.41) is 2.93. The number of benzene rings is 3. The maximum absolute atomic E-state index is 13.2. The third kappa shape index (κ3) is 5.56. The fourth-order valence-electron chi connectivity index (χ4n) is 3.80. The summed E-state index contributed by atoms with van der Waals surface area (Å²) >= 11 is 1.56. The Morgan fingerprint density at radius 3 is 1.97 bits per heavy atom. The van der Waals surface area contributed by atoms with Crippen LogP contribution in [0.4, 0.5) is 0 Å². The highest BCUT2D eigenvalue weighted by atomic mass is 32.2. The standard InChI is InChI=1S/C26H26N2O2S/c29-25(24(20-10-4-1-5-11-20)31-23-14-8-3-9-15-23)27-22-16-18-28(19-17-22)26(30)21-12-6-2-7-13-21/h1-15,22,24H,16-19H2,(H,27,29)/t24-/m1/s1. The predicted octanol–water partition coefficient (Wildman–Crippen LogP) is 4.94. The second-order valence-electron chi connectivity index (χ2n) is 7.66. The number of nitrogens with one attached hydrogen (secondary N) is 1. The lowest BCUT2D eigenvalue weighted by Crippen LogP contribution is -2.47. The van der Waals surface area contributed by atoms with E-state index in [4.69, 9.17) is 0 Å². The van der Waals surface area contributed by atoms with Gasteiger partial charge in [0.05, 0.1) is 0 Å². The summed E-state index contributed by atoms with van der Waals surface area (Å²) in [6.45, 7) is 1.31. The van der Waals surface area contributed by atoms with Gasteiger partial charge in [0.15, 0.2) is 0 Å². The van der Waals surface area contributed by atoms with Crippen molar-refractivity contribution in [3.63, 3.8) is 0 Å². The third-order valence-corrected chi connectivity index (χ3v) is 6.75. The number of hydrogen-bond acceptors (Lipinski definition) is 3. The summed E-state index contributed by atoms with van der Waals surface area (Å²) < 4.78 is 0. The Bertz CT molecular complexity index is 988. The van der Waals surface area contributed by atoms with Gasteiger partial charge in [0.25, 0.3) is 5.91 Å². The molecule has 1 fully saturated rings. The van der Waals surface area contributed by atoms with Crippen molar-refractivity contribution in [3.8, 4) is 0 Å². The molecule has 0 aromatic heterocycles. The van der Waals surface area contributed by atoms with Gasteiger partial charge in [0, 0.05) is 29.6 Å². The van der Waals surface area contributed by atoms with E-state index < -0.39 is 0 Å². The molecule has 3 aromatic carbocycles. The van der Waals surface area contributed by atoms with Crippen molar-refractivity contribution in [3.05, 3.63) is 102 Å². The van der Waals surface area contributed by atoms with Gasteiger partial charge in [-0.3, -0.25) is 9.59 Å². The SMILES string of the molecule is O=C(NC1CCN(C(=O)c2ccccc2)CC1)[C@H](Sc1ccccc1)c1ccccc1. The largest absolute Gasteiger partial charge is 0.352 e. The van der Waals surface area contributed by atoms with Crippen LogP contribution < -0.4 is 5.32 Å². The maximum Gasteiger partial charge on any atom is 0.253 e. The first-order chi connectivity index (χ1) is 15.2. The van der Waals surface area contributed by atoms with Crippen molar-refractivity contribution >= 4 is 23.6 Å². The Balaban J connectivity index is 1.38. The molecule has 3 aromatic rings. The predicted molar refractivity (Wildman–Crippen MR) is 125 cm³/mol. The Kier molecular flexibility index (Phi) is 7.05. The molecule has 0 spiro atoms. The third-order valence-electron chi connectivity index (χ3n) is 5.49. The van der Waals surface area contributed by atoms with Gasteiger partial charge in [0.1, 0.15) is 5.25 Å². The minimum Gasteiger partial charge on any atom is -0.352 e. The summed E-state index contributed by atoms with van der Waals surface area (Å²) in [4.78, 5) is 28.8. The van der Waals surface area contributed by atoms with Crippen LogP contribution in [0.2, 0.25) is 0 Å². The summed E-state index contributed by atoms with van der Waals surface area (Å²) in [6, 6.07) is 29.4. The average Bonchev–Trinajstić information content (AvgIpc) is 2.84. The van der Waals surface area contributed by atoms with Crippen LogP contribution >= 0.6 is 11.8 Å². The van der Waals surface area contributed by atoms with Gasteiger partial charge in [-0.25, -0.2) is 0 Å². The van der Waals surface area contributed by atoms with E-state index >= 15 is 0 Å². The van der Waals surface area contributed by atoms with Crippen molar-refractivity contribution in [2.45, 2.75) is 29.0 Å². The first kappa shape index (κ1) is 21.2. The molecule has 1 aliphatic heterocycles. The normalized spacial score (nSPS) is 15.3. The number of carbonyl (C=O) groups excluding carboxylic acids is 2. The summed E-state index contributed by atoms with van der Waals surface area (Å²) in [6.07, 6.45) is 1.53. The highest BCUT2D eigenvalue weighted by Gasteiger charge is 2.28. The average molecular weight is 431 g/mol. The van der Waals surface area contributed by atoms with E-state index in [1.54, 1.807) is 11.8 Å². The molecule has 0 unspecified atom stereocenters. The molecule has 4 nitrogen and oxygen atoms in total. The number of piperidine rings is 1. The van der Waals surface area contributed by atoms with Crippen LogP contribution in [0.3, 0.4) is 0 Å². The molecule has 0 saturated carbocycles. The molecule has 1 aliphatic rings. The number of thioether (sulfide) groups is 1. The Hall–Kier alpha value is -3.05. The molecule has 1 N–H and O–H groups in total. The van der Waals surface area contributed by atoms with Gasteiger partial charge in [0.2, 0.25) is 5.91 Å². The molecular weight excluding hydrogens is 404 g/mol. The molecule has 1 saturated heterocycles. The number of nitrogens with zero attached hydrogens (tertiary/aromatic N) is 1. The summed E-state index contributed by atoms with van der Waals surface area (Å²) in [5.41, 5.74) is 1.71. The minimum atomic E-state index is -0.312. The number of hydrogen-bond donors (Lipinski definition) is 1. The van der Waals surface area contributed by atoms with Crippen molar-refractivity contribution < 1.29 is 9.59 Å². The monoisotopic (exact) mass is 430 g/mol. The second kappa shape index (κ2) is 10.3. The van der Waals surface area contributed by atoms with E-state index in [0.29, 0.717) is 18.7 Å². The second-order valence-corrected chi connectivity index (χ2v) is 8.84. The van der Waals surface area contributed by atoms with Gasteiger partial charge < -0.3 is 10.2 Å². The lowest BCUT2D eigenvalue weighted by atomic mass is 10.0. The zero-order chi connectivity index (χ0) is 21.5. The highest BCUT2D eigenvalue weighted by Crippen LogP contribution is 2.35. The van der Waals surface area contributed by atoms with E-state index in [1.807, 2.05) is 95.9 Å². The van der Waals surface area contributed by atoms with Crippen LogP contribution in [-0.4, -0.2) is 35.8 Å².